The number of carbonyl (C=O) groups is 1. The van der Waals surface area contributed by atoms with E-state index in [0.29, 0.717) is 49.6 Å². The maximum absolute atomic E-state index is 12.4. The smallest absolute Gasteiger partial charge is 0.257 e. The number of hydrogen-bond donors (Lipinski definition) is 2. The van der Waals surface area contributed by atoms with E-state index in [1.165, 1.54) is 0 Å². The van der Waals surface area contributed by atoms with Crippen molar-refractivity contribution in [1.82, 2.24) is 10.3 Å². The molecule has 0 bridgehead atoms. The fourth-order valence-electron chi connectivity index (χ4n) is 2.89. The van der Waals surface area contributed by atoms with Crippen LogP contribution in [0.2, 0.25) is 10.0 Å². The summed E-state index contributed by atoms with van der Waals surface area (Å²) in [7, 11) is 1.56. The number of amides is 1. The number of benzene rings is 3. The van der Waals surface area contributed by atoms with E-state index in [9.17, 15) is 4.79 Å². The summed E-state index contributed by atoms with van der Waals surface area (Å²) in [6.45, 7) is 0. The molecule has 31 heavy (non-hydrogen) atoms. The average Bonchev–Trinajstić information content (AvgIpc) is 3.18. The van der Waals surface area contributed by atoms with Gasteiger partial charge in [0.1, 0.15) is 11.3 Å². The molecule has 4 rings (SSSR count). The van der Waals surface area contributed by atoms with Crippen molar-refractivity contribution in [3.05, 3.63) is 76.3 Å². The summed E-state index contributed by atoms with van der Waals surface area (Å²) in [5.41, 5.74) is 2.84. The molecule has 6 nitrogen and oxygen atoms in total. The van der Waals surface area contributed by atoms with Crippen molar-refractivity contribution in [3.8, 4) is 17.2 Å². The van der Waals surface area contributed by atoms with Gasteiger partial charge in [-0.05, 0) is 66.8 Å². The number of methoxy groups -OCH3 is 1. The molecule has 0 unspecified atom stereocenters. The van der Waals surface area contributed by atoms with E-state index in [1.54, 1.807) is 49.6 Å². The Morgan fingerprint density at radius 3 is 2.61 bits per heavy atom. The second-order valence-electron chi connectivity index (χ2n) is 6.47. The molecule has 0 aliphatic heterocycles. The Morgan fingerprint density at radius 2 is 1.87 bits per heavy atom. The van der Waals surface area contributed by atoms with Gasteiger partial charge in [0.2, 0.25) is 5.89 Å². The fraction of sp³-hybridized carbons (Fsp3) is 0.0455. The zero-order valence-electron chi connectivity index (χ0n) is 16.1. The van der Waals surface area contributed by atoms with Crippen molar-refractivity contribution < 1.29 is 13.9 Å². The first-order chi connectivity index (χ1) is 14.9. The summed E-state index contributed by atoms with van der Waals surface area (Å²) in [6.07, 6.45) is 0. The molecule has 1 aromatic heterocycles. The van der Waals surface area contributed by atoms with E-state index in [4.69, 9.17) is 44.6 Å². The molecule has 3 aromatic carbocycles. The highest BCUT2D eigenvalue weighted by molar-refractivity contribution is 7.80. The van der Waals surface area contributed by atoms with Gasteiger partial charge in [-0.1, -0.05) is 29.3 Å². The molecule has 156 valence electrons. The van der Waals surface area contributed by atoms with Crippen LogP contribution in [0.5, 0.6) is 5.75 Å². The van der Waals surface area contributed by atoms with Crippen LogP contribution >= 0.6 is 35.4 Å². The zero-order chi connectivity index (χ0) is 22.0. The maximum Gasteiger partial charge on any atom is 0.257 e. The molecular weight excluding hydrogens is 457 g/mol. The number of aromatic nitrogens is 1. The van der Waals surface area contributed by atoms with Crippen molar-refractivity contribution in [2.75, 3.05) is 12.4 Å². The molecule has 9 heteroatoms. The lowest BCUT2D eigenvalue weighted by Crippen LogP contribution is -2.34. The number of carbonyl (C=O) groups excluding carboxylic acids is 1. The molecule has 0 saturated carbocycles. The Balaban J connectivity index is 1.48. The van der Waals surface area contributed by atoms with Crippen LogP contribution in [0.4, 0.5) is 5.69 Å². The number of rotatable bonds is 4. The largest absolute Gasteiger partial charge is 0.497 e. The van der Waals surface area contributed by atoms with E-state index in [2.05, 4.69) is 15.6 Å². The number of halogens is 2. The zero-order valence-corrected chi connectivity index (χ0v) is 18.4. The lowest BCUT2D eigenvalue weighted by Gasteiger charge is -2.10. The highest BCUT2D eigenvalue weighted by atomic mass is 35.5. The normalized spacial score (nSPS) is 10.7. The third-order valence-corrected chi connectivity index (χ3v) is 5.06. The van der Waals surface area contributed by atoms with Gasteiger partial charge in [-0.25, -0.2) is 4.98 Å². The van der Waals surface area contributed by atoms with Crippen molar-refractivity contribution >= 4 is 63.2 Å². The molecule has 0 radical (unpaired) electrons. The van der Waals surface area contributed by atoms with Crippen LogP contribution in [0.25, 0.3) is 22.6 Å². The number of oxazole rings is 1. The van der Waals surface area contributed by atoms with Crippen LogP contribution in [0, 0.1) is 0 Å². The molecule has 0 spiro atoms. The Bertz CT molecular complexity index is 1290. The first kappa shape index (κ1) is 21.1. The number of anilines is 1. The predicted molar refractivity (Wildman–Crippen MR) is 126 cm³/mol. The molecule has 0 atom stereocenters. The summed E-state index contributed by atoms with van der Waals surface area (Å²) in [6, 6.07) is 17.3. The summed E-state index contributed by atoms with van der Waals surface area (Å²) in [4.78, 5) is 16.8. The number of thiocarbonyl (C=S) groups is 1. The van der Waals surface area contributed by atoms with Crippen LogP contribution in [0.1, 0.15) is 10.4 Å². The fourth-order valence-corrected chi connectivity index (χ4v) is 3.63. The van der Waals surface area contributed by atoms with Crippen LogP contribution in [0.3, 0.4) is 0 Å². The number of nitrogens with one attached hydrogen (secondary N) is 2. The number of hydrogen-bond acceptors (Lipinski definition) is 5. The number of ether oxygens (including phenoxy) is 1. The van der Waals surface area contributed by atoms with Gasteiger partial charge in [-0.2, -0.15) is 0 Å². The predicted octanol–water partition coefficient (Wildman–Crippen LogP) is 5.94. The van der Waals surface area contributed by atoms with Gasteiger partial charge in [0, 0.05) is 21.8 Å². The molecule has 1 amide bonds. The molecule has 4 aromatic rings. The second-order valence-corrected chi connectivity index (χ2v) is 7.72. The minimum atomic E-state index is -0.332. The topological polar surface area (TPSA) is 76.4 Å². The molecular formula is C22H15Cl2N3O3S. The first-order valence-electron chi connectivity index (χ1n) is 9.05. The standard InChI is InChI=1S/C22H15Cl2N3O3S/c1-29-16-7-5-12(6-8-16)20(28)27-22(31)25-15-4-2-3-13(9-15)21-26-18-11-14(23)10-17(24)19(18)30-21/h2-11H,1H3,(H2,25,27,28,31). The van der Waals surface area contributed by atoms with Crippen molar-refractivity contribution in [1.29, 1.82) is 0 Å². The lowest BCUT2D eigenvalue weighted by atomic mass is 10.2. The molecule has 0 aliphatic rings. The maximum atomic E-state index is 12.4. The molecule has 1 heterocycles. The summed E-state index contributed by atoms with van der Waals surface area (Å²) < 4.78 is 10.9. The van der Waals surface area contributed by atoms with Gasteiger partial charge in [-0.15, -0.1) is 0 Å². The molecule has 0 fully saturated rings. The van der Waals surface area contributed by atoms with E-state index < -0.39 is 0 Å². The van der Waals surface area contributed by atoms with Gasteiger partial charge < -0.3 is 14.5 Å². The SMILES string of the molecule is COc1ccc(C(=O)NC(=S)Nc2cccc(-c3nc4cc(Cl)cc(Cl)c4o3)c2)cc1. The van der Waals surface area contributed by atoms with Crippen LogP contribution in [-0.2, 0) is 0 Å². The van der Waals surface area contributed by atoms with E-state index in [-0.39, 0.29) is 11.0 Å². The third-order valence-electron chi connectivity index (χ3n) is 4.36. The summed E-state index contributed by atoms with van der Waals surface area (Å²) in [5.74, 6) is 0.717. The molecule has 0 saturated heterocycles. The quantitative estimate of drug-likeness (QED) is 0.358. The minimum Gasteiger partial charge on any atom is -0.497 e. The van der Waals surface area contributed by atoms with Crippen molar-refractivity contribution in [2.24, 2.45) is 0 Å². The van der Waals surface area contributed by atoms with Crippen molar-refractivity contribution in [2.45, 2.75) is 0 Å². The van der Waals surface area contributed by atoms with E-state index in [0.717, 1.165) is 0 Å². The van der Waals surface area contributed by atoms with Crippen LogP contribution < -0.4 is 15.4 Å². The molecule has 2 N–H and O–H groups in total. The van der Waals surface area contributed by atoms with Gasteiger partial charge in [-0.3, -0.25) is 10.1 Å². The van der Waals surface area contributed by atoms with Gasteiger partial charge in [0.05, 0.1) is 12.1 Å². The lowest BCUT2D eigenvalue weighted by molar-refractivity contribution is 0.0977. The Kier molecular flexibility index (Phi) is 6.08. The third kappa shape index (κ3) is 4.80. The minimum absolute atomic E-state index is 0.158. The van der Waals surface area contributed by atoms with Gasteiger partial charge in [0.25, 0.3) is 5.91 Å². The van der Waals surface area contributed by atoms with Crippen molar-refractivity contribution in [3.63, 3.8) is 0 Å². The highest BCUT2D eigenvalue weighted by Gasteiger charge is 2.13. The Hall–Kier alpha value is -3.13. The molecule has 0 aliphatic carbocycles. The highest BCUT2D eigenvalue weighted by Crippen LogP contribution is 2.32. The Labute approximate surface area is 193 Å². The van der Waals surface area contributed by atoms with E-state index in [1.807, 2.05) is 18.2 Å². The van der Waals surface area contributed by atoms with Gasteiger partial charge in [0.15, 0.2) is 10.7 Å². The average molecular weight is 472 g/mol. The second kappa shape index (κ2) is 8.93. The summed E-state index contributed by atoms with van der Waals surface area (Å²) in [5, 5.41) is 6.66. The van der Waals surface area contributed by atoms with Crippen LogP contribution in [-0.4, -0.2) is 23.1 Å². The van der Waals surface area contributed by atoms with Gasteiger partial charge >= 0.3 is 0 Å². The number of nitrogens with zero attached hydrogens (tertiary/aromatic N) is 1. The summed E-state index contributed by atoms with van der Waals surface area (Å²) >= 11 is 17.5. The monoisotopic (exact) mass is 471 g/mol. The van der Waals surface area contributed by atoms with Crippen LogP contribution in [0.15, 0.2) is 65.1 Å². The number of fused-ring (bicyclic) bond motifs is 1. The van der Waals surface area contributed by atoms with E-state index >= 15 is 0 Å². The Morgan fingerprint density at radius 1 is 1.10 bits per heavy atom. The first-order valence-corrected chi connectivity index (χ1v) is 10.2.